The number of pyridine rings is 1. The van der Waals surface area contributed by atoms with Crippen LogP contribution in [0.15, 0.2) is 79.1 Å². The Hall–Kier alpha value is -4.59. The number of fused-ring (bicyclic) bond motifs is 3. The molecule has 0 saturated carbocycles. The molecule has 0 unspecified atom stereocenters. The largest absolute Gasteiger partial charge is 0.497 e. The van der Waals surface area contributed by atoms with Crippen LogP contribution in [0.3, 0.4) is 0 Å². The van der Waals surface area contributed by atoms with Gasteiger partial charge in [-0.05, 0) is 35.9 Å². The van der Waals surface area contributed by atoms with Crippen molar-refractivity contribution in [1.82, 2.24) is 14.6 Å². The van der Waals surface area contributed by atoms with E-state index in [4.69, 9.17) is 18.9 Å². The van der Waals surface area contributed by atoms with Crippen LogP contribution in [-0.4, -0.2) is 34.8 Å². The standard InChI is InChI=1S/C26H21N3O5/c1-31-18-11-13-19(14-12-18)34-21-10-6-9-20-22(21)25-27-16-28-29(25)23(26(30)32-2)24(20)33-15-17-7-4-3-5-8-17/h3-14,16H,15H2,1-2H3. The van der Waals surface area contributed by atoms with E-state index in [0.29, 0.717) is 33.7 Å². The summed E-state index contributed by atoms with van der Waals surface area (Å²) in [4.78, 5) is 17.2. The average Bonchev–Trinajstić information content (AvgIpc) is 3.37. The zero-order valence-electron chi connectivity index (χ0n) is 18.6. The van der Waals surface area contributed by atoms with Crippen LogP contribution in [-0.2, 0) is 11.3 Å². The summed E-state index contributed by atoms with van der Waals surface area (Å²) in [5.74, 6) is 1.65. The molecule has 2 aromatic heterocycles. The Morgan fingerprint density at radius 2 is 1.68 bits per heavy atom. The molecule has 0 N–H and O–H groups in total. The summed E-state index contributed by atoms with van der Waals surface area (Å²) in [6, 6.07) is 22.5. The quantitative estimate of drug-likeness (QED) is 0.318. The van der Waals surface area contributed by atoms with Gasteiger partial charge in [-0.3, -0.25) is 0 Å². The number of esters is 1. The second kappa shape index (κ2) is 9.11. The van der Waals surface area contributed by atoms with Crippen molar-refractivity contribution in [2.45, 2.75) is 6.61 Å². The van der Waals surface area contributed by atoms with E-state index in [1.807, 2.05) is 72.8 Å². The van der Waals surface area contributed by atoms with Gasteiger partial charge in [0.1, 0.15) is 30.2 Å². The summed E-state index contributed by atoms with van der Waals surface area (Å²) >= 11 is 0. The number of hydrogen-bond acceptors (Lipinski definition) is 7. The fraction of sp³-hybridized carbons (Fsp3) is 0.115. The Bertz CT molecular complexity index is 1460. The van der Waals surface area contributed by atoms with Crippen LogP contribution in [0.2, 0.25) is 0 Å². The zero-order valence-corrected chi connectivity index (χ0v) is 18.6. The van der Waals surface area contributed by atoms with E-state index in [-0.39, 0.29) is 12.3 Å². The minimum Gasteiger partial charge on any atom is -0.497 e. The van der Waals surface area contributed by atoms with Gasteiger partial charge in [-0.25, -0.2) is 14.3 Å². The van der Waals surface area contributed by atoms with Crippen LogP contribution in [0.1, 0.15) is 16.1 Å². The molecule has 5 rings (SSSR count). The van der Waals surface area contributed by atoms with Crippen LogP contribution in [0.25, 0.3) is 16.4 Å². The number of rotatable bonds is 7. The Kier molecular flexibility index (Phi) is 5.70. The SMILES string of the molecule is COC(=O)c1c(OCc2ccccc2)c2cccc(Oc3ccc(OC)cc3)c2c2ncnn12. The Labute approximate surface area is 195 Å². The summed E-state index contributed by atoms with van der Waals surface area (Å²) in [7, 11) is 2.93. The van der Waals surface area contributed by atoms with Crippen molar-refractivity contribution in [2.24, 2.45) is 0 Å². The second-order valence-electron chi connectivity index (χ2n) is 7.40. The molecule has 0 aliphatic rings. The molecule has 170 valence electrons. The molecule has 0 spiro atoms. The number of nitrogens with zero attached hydrogens (tertiary/aromatic N) is 3. The molecule has 0 saturated heterocycles. The number of carbonyl (C=O) groups is 1. The first-order chi connectivity index (χ1) is 16.7. The summed E-state index contributed by atoms with van der Waals surface area (Å²) in [5, 5.41) is 5.59. The molecular weight excluding hydrogens is 434 g/mol. The minimum atomic E-state index is -0.582. The van der Waals surface area contributed by atoms with Gasteiger partial charge in [0.25, 0.3) is 0 Å². The maximum Gasteiger partial charge on any atom is 0.360 e. The number of benzene rings is 3. The predicted molar refractivity (Wildman–Crippen MR) is 126 cm³/mol. The highest BCUT2D eigenvalue weighted by atomic mass is 16.5. The van der Waals surface area contributed by atoms with Crippen molar-refractivity contribution in [3.05, 3.63) is 90.4 Å². The molecule has 34 heavy (non-hydrogen) atoms. The zero-order chi connectivity index (χ0) is 23.5. The third-order valence-electron chi connectivity index (χ3n) is 5.36. The first kappa shape index (κ1) is 21.3. The van der Waals surface area contributed by atoms with E-state index in [2.05, 4.69) is 10.1 Å². The lowest BCUT2D eigenvalue weighted by Gasteiger charge is -2.17. The first-order valence-electron chi connectivity index (χ1n) is 10.5. The van der Waals surface area contributed by atoms with Gasteiger partial charge in [0.2, 0.25) is 0 Å². The molecule has 0 aliphatic carbocycles. The fourth-order valence-electron chi connectivity index (χ4n) is 3.76. The van der Waals surface area contributed by atoms with E-state index in [1.165, 1.54) is 18.0 Å². The number of ether oxygens (including phenoxy) is 4. The van der Waals surface area contributed by atoms with Gasteiger partial charge in [-0.15, -0.1) is 0 Å². The molecule has 8 nitrogen and oxygen atoms in total. The highest BCUT2D eigenvalue weighted by Crippen LogP contribution is 2.40. The number of aromatic nitrogens is 3. The number of carbonyl (C=O) groups excluding carboxylic acids is 1. The smallest absolute Gasteiger partial charge is 0.360 e. The highest BCUT2D eigenvalue weighted by molar-refractivity contribution is 6.08. The van der Waals surface area contributed by atoms with Gasteiger partial charge in [-0.2, -0.15) is 5.10 Å². The van der Waals surface area contributed by atoms with E-state index in [9.17, 15) is 4.79 Å². The molecule has 5 aromatic rings. The highest BCUT2D eigenvalue weighted by Gasteiger charge is 2.26. The Balaban J connectivity index is 1.68. The van der Waals surface area contributed by atoms with Gasteiger partial charge in [0, 0.05) is 5.39 Å². The molecule has 0 atom stereocenters. The Morgan fingerprint density at radius 1 is 0.912 bits per heavy atom. The van der Waals surface area contributed by atoms with Crippen LogP contribution in [0, 0.1) is 0 Å². The molecule has 2 heterocycles. The maximum atomic E-state index is 12.8. The molecule has 0 radical (unpaired) electrons. The average molecular weight is 455 g/mol. The monoisotopic (exact) mass is 455 g/mol. The van der Waals surface area contributed by atoms with Crippen LogP contribution < -0.4 is 14.2 Å². The van der Waals surface area contributed by atoms with Gasteiger partial charge in [0.15, 0.2) is 17.1 Å². The molecule has 3 aromatic carbocycles. The number of hydrogen-bond donors (Lipinski definition) is 0. The summed E-state index contributed by atoms with van der Waals surface area (Å²) in [6.07, 6.45) is 1.38. The topological polar surface area (TPSA) is 84.2 Å². The van der Waals surface area contributed by atoms with Crippen molar-refractivity contribution in [3.8, 4) is 23.0 Å². The third kappa shape index (κ3) is 3.86. The molecule has 0 bridgehead atoms. The van der Waals surface area contributed by atoms with Crippen molar-refractivity contribution < 1.29 is 23.7 Å². The van der Waals surface area contributed by atoms with Gasteiger partial charge < -0.3 is 18.9 Å². The third-order valence-corrected chi connectivity index (χ3v) is 5.36. The number of methoxy groups -OCH3 is 2. The summed E-state index contributed by atoms with van der Waals surface area (Å²) < 4.78 is 24.1. The van der Waals surface area contributed by atoms with Gasteiger partial charge in [-0.1, -0.05) is 42.5 Å². The van der Waals surface area contributed by atoms with Gasteiger partial charge >= 0.3 is 5.97 Å². The predicted octanol–water partition coefficient (Wildman–Crippen LogP) is 5.05. The molecular formula is C26H21N3O5. The van der Waals surface area contributed by atoms with Crippen molar-refractivity contribution >= 4 is 22.4 Å². The minimum absolute atomic E-state index is 0.153. The lowest BCUT2D eigenvalue weighted by Crippen LogP contribution is -2.13. The summed E-state index contributed by atoms with van der Waals surface area (Å²) in [6.45, 7) is 0.254. The van der Waals surface area contributed by atoms with Crippen LogP contribution >= 0.6 is 0 Å². The lowest BCUT2D eigenvalue weighted by atomic mass is 10.1. The molecule has 8 heteroatoms. The van der Waals surface area contributed by atoms with E-state index in [0.717, 1.165) is 11.3 Å². The summed E-state index contributed by atoms with van der Waals surface area (Å²) in [5.41, 5.74) is 1.56. The normalized spacial score (nSPS) is 10.9. The first-order valence-corrected chi connectivity index (χ1v) is 10.5. The Morgan fingerprint density at radius 3 is 2.41 bits per heavy atom. The van der Waals surface area contributed by atoms with E-state index < -0.39 is 5.97 Å². The van der Waals surface area contributed by atoms with Crippen molar-refractivity contribution in [2.75, 3.05) is 14.2 Å². The van der Waals surface area contributed by atoms with E-state index >= 15 is 0 Å². The fourth-order valence-corrected chi connectivity index (χ4v) is 3.76. The van der Waals surface area contributed by atoms with Crippen LogP contribution in [0.4, 0.5) is 0 Å². The molecule has 0 amide bonds. The van der Waals surface area contributed by atoms with Crippen molar-refractivity contribution in [3.63, 3.8) is 0 Å². The maximum absolute atomic E-state index is 12.8. The molecule has 0 fully saturated rings. The van der Waals surface area contributed by atoms with E-state index in [1.54, 1.807) is 7.11 Å². The van der Waals surface area contributed by atoms with Crippen LogP contribution in [0.5, 0.6) is 23.0 Å². The lowest BCUT2D eigenvalue weighted by molar-refractivity contribution is 0.0585. The molecule has 0 aliphatic heterocycles. The van der Waals surface area contributed by atoms with Gasteiger partial charge in [0.05, 0.1) is 19.6 Å². The second-order valence-corrected chi connectivity index (χ2v) is 7.40. The van der Waals surface area contributed by atoms with Crippen molar-refractivity contribution in [1.29, 1.82) is 0 Å².